The first-order chi connectivity index (χ1) is 3.31. The molecule has 7 heavy (non-hydrogen) atoms. The van der Waals surface area contributed by atoms with E-state index < -0.39 is 0 Å². The van der Waals surface area contributed by atoms with Crippen LogP contribution in [0.2, 0.25) is 0 Å². The fourth-order valence-electron chi connectivity index (χ4n) is 0.262. The highest BCUT2D eigenvalue weighted by Crippen LogP contribution is 1.72. The van der Waals surface area contributed by atoms with Gasteiger partial charge in [0.1, 0.15) is 13.3 Å². The highest BCUT2D eigenvalue weighted by Gasteiger charge is 1.86. The number of halogens is 1. The molecule has 0 aromatic carbocycles. The first kappa shape index (κ1) is 6.96. The van der Waals surface area contributed by atoms with Gasteiger partial charge in [-0.2, -0.15) is 0 Å². The van der Waals surface area contributed by atoms with Crippen molar-refractivity contribution in [2.24, 2.45) is 0 Å². The molecule has 0 atom stereocenters. The minimum atomic E-state index is 0.709. The highest BCUT2D eigenvalue weighted by molar-refractivity contribution is 6.17. The Morgan fingerprint density at radius 1 is 1.71 bits per heavy atom. The fourth-order valence-corrected chi connectivity index (χ4v) is 0.529. The summed E-state index contributed by atoms with van der Waals surface area (Å²) in [4.78, 5) is 0. The normalized spacial score (nSPS) is 12.1. The van der Waals surface area contributed by atoms with Gasteiger partial charge in [0.2, 0.25) is 0 Å². The van der Waals surface area contributed by atoms with E-state index in [-0.39, 0.29) is 0 Å². The minimum absolute atomic E-state index is 0.709. The third-order valence-electron chi connectivity index (χ3n) is 0.878. The molecule has 0 radical (unpaired) electrons. The third-order valence-corrected chi connectivity index (χ3v) is 1.05. The maximum atomic E-state index is 5.41. The molecule has 0 aliphatic carbocycles. The molecule has 0 spiro atoms. The molecule has 0 N–H and O–H groups in total. The molecule has 0 heterocycles. The lowest BCUT2D eigenvalue weighted by Crippen LogP contribution is -2.07. The zero-order valence-electron chi connectivity index (χ0n) is 4.82. The molecule has 0 saturated carbocycles. The highest BCUT2D eigenvalue weighted by atomic mass is 35.5. The zero-order valence-corrected chi connectivity index (χ0v) is 5.57. The summed E-state index contributed by atoms with van der Waals surface area (Å²) in [6, 6.07) is 0. The van der Waals surface area contributed by atoms with Gasteiger partial charge >= 0.3 is 0 Å². The lowest BCUT2D eigenvalue weighted by atomic mass is 10.7. The van der Waals surface area contributed by atoms with Crippen LogP contribution >= 0.6 is 11.6 Å². The molecule has 0 aliphatic heterocycles. The molecule has 0 rings (SSSR count). The second-order valence-corrected chi connectivity index (χ2v) is 1.81. The summed E-state index contributed by atoms with van der Waals surface area (Å²) in [5, 5.41) is 0. The molecular weight excluding hydrogens is 110 g/mol. The van der Waals surface area contributed by atoms with E-state index in [0.29, 0.717) is 5.88 Å². The second-order valence-electron chi connectivity index (χ2n) is 1.43. The Kier molecular flexibility index (Phi) is 4.10. The predicted octanol–water partition coefficient (Wildman–Crippen LogP) is 0.958. The summed E-state index contributed by atoms with van der Waals surface area (Å²) in [6.45, 7) is 2.94. The Hall–Kier alpha value is -0.0400. The van der Waals surface area contributed by atoms with Crippen LogP contribution in [-0.2, 0) is 0 Å². The van der Waals surface area contributed by atoms with Crippen LogP contribution in [0, 0.1) is 0 Å². The average Bonchev–Trinajstić information content (AvgIpc) is 1.68. The Balaban J connectivity index is 3.17. The van der Waals surface area contributed by atoms with Crippen molar-refractivity contribution in [3.8, 4) is 0 Å². The summed E-state index contributed by atoms with van der Waals surface area (Å²) in [6.07, 6.45) is 2.00. The van der Waals surface area contributed by atoms with Crippen LogP contribution < -0.4 is 0 Å². The Bertz CT molecular complexity index is 68.5. The van der Waals surface area contributed by atoms with Crippen LogP contribution in [-0.4, -0.2) is 30.3 Å². The summed E-state index contributed by atoms with van der Waals surface area (Å²) >= 11 is 5.41. The van der Waals surface area contributed by atoms with Crippen molar-refractivity contribution in [2.45, 2.75) is 6.92 Å². The van der Waals surface area contributed by atoms with E-state index in [1.54, 1.807) is 0 Å². The number of hydrogen-bond acceptors (Lipinski definition) is 0. The van der Waals surface area contributed by atoms with Gasteiger partial charge in [-0.3, -0.25) is 0 Å². The molecule has 0 amide bonds. The van der Waals surface area contributed by atoms with Crippen LogP contribution in [0.1, 0.15) is 6.92 Å². The zero-order chi connectivity index (χ0) is 5.70. The first-order valence-electron chi connectivity index (χ1n) is 2.37. The van der Waals surface area contributed by atoms with Gasteiger partial charge < -0.3 is 0 Å². The van der Waals surface area contributed by atoms with E-state index in [1.807, 2.05) is 24.8 Å². The molecule has 0 saturated heterocycles. The van der Waals surface area contributed by atoms with Crippen molar-refractivity contribution in [1.82, 2.24) is 0 Å². The molecule has 0 aliphatic rings. The van der Waals surface area contributed by atoms with E-state index in [4.69, 9.17) is 11.6 Å². The van der Waals surface area contributed by atoms with Gasteiger partial charge in [-0.1, -0.05) is 0 Å². The van der Waals surface area contributed by atoms with Gasteiger partial charge in [-0.15, -0.1) is 11.6 Å². The molecule has 42 valence electrons. The molecule has 0 aromatic heterocycles. The fraction of sp³-hybridized carbons (Fsp3) is 0.800. The summed E-state index contributed by atoms with van der Waals surface area (Å²) in [7, 11) is 2.00. The summed E-state index contributed by atoms with van der Waals surface area (Å²) in [5.74, 6) is 0.709. The molecule has 0 aromatic rings. The Morgan fingerprint density at radius 2 is 2.29 bits per heavy atom. The quantitative estimate of drug-likeness (QED) is 0.290. The van der Waals surface area contributed by atoms with Gasteiger partial charge in [0.25, 0.3) is 0 Å². The standard InChI is InChI=1S/C5H11ClN/c1-3-7(2)5-4-6/h3H,4-5H2,1-2H3/q+1. The lowest BCUT2D eigenvalue weighted by molar-refractivity contribution is -0.487. The minimum Gasteiger partial charge on any atom is -0.241 e. The van der Waals surface area contributed by atoms with E-state index in [9.17, 15) is 0 Å². The van der Waals surface area contributed by atoms with Crippen LogP contribution in [0.3, 0.4) is 0 Å². The topological polar surface area (TPSA) is 3.01 Å². The molecule has 0 fully saturated rings. The van der Waals surface area contributed by atoms with Gasteiger partial charge in [0.05, 0.1) is 5.88 Å². The monoisotopic (exact) mass is 120 g/mol. The number of rotatable bonds is 2. The Morgan fingerprint density at radius 3 is 2.43 bits per heavy atom. The van der Waals surface area contributed by atoms with Crippen molar-refractivity contribution in [1.29, 1.82) is 0 Å². The molecule has 1 nitrogen and oxygen atoms in total. The van der Waals surface area contributed by atoms with E-state index >= 15 is 0 Å². The number of nitrogens with zero attached hydrogens (tertiary/aromatic N) is 1. The Labute approximate surface area is 49.6 Å². The van der Waals surface area contributed by atoms with Crippen molar-refractivity contribution in [2.75, 3.05) is 19.5 Å². The van der Waals surface area contributed by atoms with Gasteiger partial charge in [0, 0.05) is 6.92 Å². The molecule has 0 unspecified atom stereocenters. The molecule has 2 heteroatoms. The van der Waals surface area contributed by atoms with E-state index in [0.717, 1.165) is 6.54 Å². The van der Waals surface area contributed by atoms with Gasteiger partial charge in [-0.25, -0.2) is 4.58 Å². The largest absolute Gasteiger partial charge is 0.241 e. The smallest absolute Gasteiger partial charge is 0.155 e. The van der Waals surface area contributed by atoms with Crippen LogP contribution in [0.4, 0.5) is 0 Å². The SMILES string of the molecule is CC=[N+](C)CCCl. The van der Waals surface area contributed by atoms with Crippen molar-refractivity contribution >= 4 is 17.8 Å². The van der Waals surface area contributed by atoms with Crippen LogP contribution in [0.25, 0.3) is 0 Å². The lowest BCUT2D eigenvalue weighted by Gasteiger charge is -1.86. The predicted molar refractivity (Wildman–Crippen MR) is 33.5 cm³/mol. The number of hydrogen-bond donors (Lipinski definition) is 0. The van der Waals surface area contributed by atoms with Crippen molar-refractivity contribution < 1.29 is 4.58 Å². The van der Waals surface area contributed by atoms with Gasteiger partial charge in [-0.05, 0) is 0 Å². The first-order valence-corrected chi connectivity index (χ1v) is 2.90. The summed E-state index contributed by atoms with van der Waals surface area (Å²) in [5.41, 5.74) is 0. The van der Waals surface area contributed by atoms with E-state index in [1.165, 1.54) is 0 Å². The van der Waals surface area contributed by atoms with Crippen LogP contribution in [0.5, 0.6) is 0 Å². The second kappa shape index (κ2) is 4.13. The third kappa shape index (κ3) is 3.80. The van der Waals surface area contributed by atoms with Gasteiger partial charge in [0.15, 0.2) is 6.54 Å². The maximum Gasteiger partial charge on any atom is 0.155 e. The molecular formula is C5H11ClN+. The average molecular weight is 121 g/mol. The van der Waals surface area contributed by atoms with Crippen molar-refractivity contribution in [3.05, 3.63) is 0 Å². The van der Waals surface area contributed by atoms with E-state index in [2.05, 4.69) is 0 Å². The molecule has 0 bridgehead atoms. The van der Waals surface area contributed by atoms with Crippen molar-refractivity contribution in [3.63, 3.8) is 0 Å². The summed E-state index contributed by atoms with van der Waals surface area (Å²) < 4.78 is 2.05. The maximum absolute atomic E-state index is 5.41. The van der Waals surface area contributed by atoms with Crippen LogP contribution in [0.15, 0.2) is 0 Å². The number of alkyl halides is 1.